The van der Waals surface area contributed by atoms with Gasteiger partial charge in [0.2, 0.25) is 5.91 Å². The van der Waals surface area contributed by atoms with Crippen molar-refractivity contribution in [2.75, 3.05) is 10.7 Å². The molecule has 0 spiro atoms. The highest BCUT2D eigenvalue weighted by atomic mass is 32.2. The van der Waals surface area contributed by atoms with Crippen molar-refractivity contribution in [3.8, 4) is 0 Å². The molecule has 112 valence electrons. The van der Waals surface area contributed by atoms with Crippen LogP contribution in [-0.2, 0) is 20.8 Å². The van der Waals surface area contributed by atoms with Crippen LogP contribution in [0.15, 0.2) is 24.3 Å². The lowest BCUT2D eigenvalue weighted by molar-refractivity contribution is -0.140. The van der Waals surface area contributed by atoms with Gasteiger partial charge in [0.15, 0.2) is 5.12 Å². The monoisotopic (exact) mass is 307 g/mol. The van der Waals surface area contributed by atoms with Crippen molar-refractivity contribution in [3.63, 3.8) is 0 Å². The van der Waals surface area contributed by atoms with E-state index in [2.05, 4.69) is 0 Å². The maximum absolute atomic E-state index is 12.4. The zero-order chi connectivity index (χ0) is 15.4. The zero-order valence-corrected chi connectivity index (χ0v) is 12.6. The largest absolute Gasteiger partial charge is 0.480 e. The van der Waals surface area contributed by atoms with Crippen LogP contribution in [-0.4, -0.2) is 33.9 Å². The number of hydrogen-bond acceptors (Lipinski definition) is 4. The van der Waals surface area contributed by atoms with Crippen LogP contribution < -0.4 is 4.90 Å². The quantitative estimate of drug-likeness (QED) is 0.922. The number of nitrogens with zero attached hydrogens (tertiary/aromatic N) is 1. The highest BCUT2D eigenvalue weighted by molar-refractivity contribution is 8.13. The molecule has 1 aromatic rings. The number of rotatable bonds is 4. The minimum absolute atomic E-state index is 0.0448. The molecular weight excluding hydrogens is 290 g/mol. The van der Waals surface area contributed by atoms with Crippen LogP contribution in [0.2, 0.25) is 0 Å². The summed E-state index contributed by atoms with van der Waals surface area (Å²) in [6.45, 7) is 1.45. The summed E-state index contributed by atoms with van der Waals surface area (Å²) >= 11 is 1.08. The van der Waals surface area contributed by atoms with Gasteiger partial charge in [0, 0.05) is 24.8 Å². The number of carboxylic acids is 1. The molecule has 0 bridgehead atoms. The zero-order valence-electron chi connectivity index (χ0n) is 11.7. The van der Waals surface area contributed by atoms with Crippen LogP contribution in [0.4, 0.5) is 5.69 Å². The van der Waals surface area contributed by atoms with Crippen molar-refractivity contribution in [1.29, 1.82) is 0 Å². The lowest BCUT2D eigenvalue weighted by Crippen LogP contribution is -2.48. The third-order valence-electron chi connectivity index (χ3n) is 3.42. The van der Waals surface area contributed by atoms with Crippen LogP contribution in [0.1, 0.15) is 25.3 Å². The van der Waals surface area contributed by atoms with Crippen molar-refractivity contribution < 1.29 is 19.5 Å². The molecule has 0 aromatic heterocycles. The maximum atomic E-state index is 12.4. The van der Waals surface area contributed by atoms with Gasteiger partial charge in [0.25, 0.3) is 0 Å². The molecule has 0 fully saturated rings. The number of aryl methyl sites for hydroxylation is 1. The Morgan fingerprint density at radius 2 is 2.05 bits per heavy atom. The number of benzene rings is 1. The number of carbonyl (C=O) groups is 3. The molecule has 21 heavy (non-hydrogen) atoms. The SMILES string of the molecule is CC(=O)SCCC(=O)N1c2ccccc2CC[C@H]1C(=O)O. The summed E-state index contributed by atoms with van der Waals surface area (Å²) in [4.78, 5) is 36.1. The standard InChI is InChI=1S/C15H17NO4S/c1-10(17)21-9-8-14(18)16-12-5-3-2-4-11(12)6-7-13(16)15(19)20/h2-5,13H,6-9H2,1H3,(H,19,20)/t13-/m0/s1. The van der Waals surface area contributed by atoms with Crippen molar-refractivity contribution in [2.45, 2.75) is 32.2 Å². The molecule has 1 atom stereocenters. The third-order valence-corrected chi connectivity index (χ3v) is 4.24. The van der Waals surface area contributed by atoms with E-state index in [1.54, 1.807) is 12.1 Å². The molecular formula is C15H17NO4S. The fourth-order valence-electron chi connectivity index (χ4n) is 2.49. The molecule has 1 amide bonds. The van der Waals surface area contributed by atoms with Gasteiger partial charge in [-0.2, -0.15) is 0 Å². The number of anilines is 1. The van der Waals surface area contributed by atoms with Gasteiger partial charge in [-0.25, -0.2) is 4.79 Å². The van der Waals surface area contributed by atoms with Gasteiger partial charge < -0.3 is 5.11 Å². The van der Waals surface area contributed by atoms with Gasteiger partial charge in [-0.1, -0.05) is 30.0 Å². The molecule has 5 nitrogen and oxygen atoms in total. The smallest absolute Gasteiger partial charge is 0.326 e. The molecule has 1 aromatic carbocycles. The van der Waals surface area contributed by atoms with E-state index in [4.69, 9.17) is 0 Å². The van der Waals surface area contributed by atoms with Gasteiger partial charge in [-0.15, -0.1) is 0 Å². The normalized spacial score (nSPS) is 17.2. The van der Waals surface area contributed by atoms with Gasteiger partial charge in [-0.05, 0) is 24.5 Å². The second-order valence-corrected chi connectivity index (χ2v) is 6.15. The van der Waals surface area contributed by atoms with Crippen LogP contribution in [0, 0.1) is 0 Å². The van der Waals surface area contributed by atoms with Crippen LogP contribution in [0.3, 0.4) is 0 Å². The Hall–Kier alpha value is -1.82. The Labute approximate surface area is 127 Å². The molecule has 2 rings (SSSR count). The van der Waals surface area contributed by atoms with Crippen molar-refractivity contribution in [3.05, 3.63) is 29.8 Å². The minimum Gasteiger partial charge on any atom is -0.480 e. The molecule has 0 unspecified atom stereocenters. The Morgan fingerprint density at radius 3 is 2.71 bits per heavy atom. The van der Waals surface area contributed by atoms with Crippen LogP contribution >= 0.6 is 11.8 Å². The van der Waals surface area contributed by atoms with Gasteiger partial charge in [-0.3, -0.25) is 14.5 Å². The first-order valence-electron chi connectivity index (χ1n) is 6.77. The number of thioether (sulfide) groups is 1. The summed E-state index contributed by atoms with van der Waals surface area (Å²) in [6, 6.07) is 6.55. The second-order valence-electron chi connectivity index (χ2n) is 4.88. The molecule has 6 heteroatoms. The highest BCUT2D eigenvalue weighted by Crippen LogP contribution is 2.31. The average Bonchev–Trinajstić information content (AvgIpc) is 2.45. The Kier molecular flexibility index (Phi) is 5.01. The first-order chi connectivity index (χ1) is 10.0. The summed E-state index contributed by atoms with van der Waals surface area (Å²) in [5, 5.41) is 9.30. The van der Waals surface area contributed by atoms with Crippen molar-refractivity contribution in [1.82, 2.24) is 0 Å². The van der Waals surface area contributed by atoms with E-state index < -0.39 is 12.0 Å². The van der Waals surface area contributed by atoms with E-state index in [9.17, 15) is 19.5 Å². The van der Waals surface area contributed by atoms with Crippen LogP contribution in [0.25, 0.3) is 0 Å². The van der Waals surface area contributed by atoms with E-state index in [1.165, 1.54) is 11.8 Å². The van der Waals surface area contributed by atoms with E-state index in [-0.39, 0.29) is 17.4 Å². The van der Waals surface area contributed by atoms with Crippen LogP contribution in [0.5, 0.6) is 0 Å². The molecule has 0 saturated carbocycles. The molecule has 0 aliphatic carbocycles. The number of aliphatic carboxylic acids is 1. The number of fused-ring (bicyclic) bond motifs is 1. The fourth-order valence-corrected chi connectivity index (χ4v) is 3.06. The topological polar surface area (TPSA) is 74.7 Å². The Balaban J connectivity index is 2.21. The van der Waals surface area contributed by atoms with E-state index >= 15 is 0 Å². The number of para-hydroxylation sites is 1. The molecule has 1 heterocycles. The van der Waals surface area contributed by atoms with E-state index in [1.807, 2.05) is 12.1 Å². The number of amides is 1. The number of carboxylic acid groups (broad SMARTS) is 1. The molecule has 0 radical (unpaired) electrons. The number of hydrogen-bond donors (Lipinski definition) is 1. The van der Waals surface area contributed by atoms with Gasteiger partial charge >= 0.3 is 5.97 Å². The summed E-state index contributed by atoms with van der Waals surface area (Å²) in [5.74, 6) is -0.862. The van der Waals surface area contributed by atoms with Gasteiger partial charge in [0.05, 0.1) is 0 Å². The second kappa shape index (κ2) is 6.76. The summed E-state index contributed by atoms with van der Waals surface area (Å²) in [7, 11) is 0. The first kappa shape index (κ1) is 15.6. The highest BCUT2D eigenvalue weighted by Gasteiger charge is 2.34. The summed E-state index contributed by atoms with van der Waals surface area (Å²) in [5.41, 5.74) is 1.66. The van der Waals surface area contributed by atoms with Crippen molar-refractivity contribution >= 4 is 34.4 Å². The molecule has 1 aliphatic heterocycles. The molecule has 1 N–H and O–H groups in total. The first-order valence-corrected chi connectivity index (χ1v) is 7.75. The van der Waals surface area contributed by atoms with Crippen molar-refractivity contribution in [2.24, 2.45) is 0 Å². The third kappa shape index (κ3) is 3.64. The predicted octanol–water partition coefficient (Wildman–Crippen LogP) is 2.09. The van der Waals surface area contributed by atoms with E-state index in [0.717, 1.165) is 17.3 Å². The predicted molar refractivity (Wildman–Crippen MR) is 81.4 cm³/mol. The Bertz CT molecular complexity index is 573. The summed E-state index contributed by atoms with van der Waals surface area (Å²) in [6.07, 6.45) is 1.22. The van der Waals surface area contributed by atoms with Gasteiger partial charge in [0.1, 0.15) is 6.04 Å². The lowest BCUT2D eigenvalue weighted by Gasteiger charge is -2.34. The average molecular weight is 307 g/mol. The molecule has 1 aliphatic rings. The minimum atomic E-state index is -0.989. The lowest BCUT2D eigenvalue weighted by atomic mass is 9.95. The summed E-state index contributed by atoms with van der Waals surface area (Å²) < 4.78 is 0. The molecule has 0 saturated heterocycles. The van der Waals surface area contributed by atoms with E-state index in [0.29, 0.717) is 24.3 Å². The maximum Gasteiger partial charge on any atom is 0.326 e. The number of carbonyl (C=O) groups excluding carboxylic acids is 2. The fraction of sp³-hybridized carbons (Fsp3) is 0.400. The Morgan fingerprint density at radius 1 is 1.33 bits per heavy atom.